The summed E-state index contributed by atoms with van der Waals surface area (Å²) in [6.07, 6.45) is -0.799. The minimum Gasteiger partial charge on any atom is -0.490 e. The van der Waals surface area contributed by atoms with Gasteiger partial charge in [-0.3, -0.25) is 0 Å². The van der Waals surface area contributed by atoms with Gasteiger partial charge in [-0.25, -0.2) is 4.79 Å². The molecule has 0 spiro atoms. The van der Waals surface area contributed by atoms with Crippen LogP contribution < -0.4 is 10.4 Å². The van der Waals surface area contributed by atoms with E-state index in [2.05, 4.69) is 43.1 Å². The Labute approximate surface area is 189 Å². The SMILES string of the molecule is CC(C)(C)c1ccc(-c2nnc(SCC(O)COc3cc(=O)oc4ccccc34)o2)cc1. The maximum atomic E-state index is 11.7. The van der Waals surface area contributed by atoms with Crippen LogP contribution in [0.25, 0.3) is 22.4 Å². The molecule has 0 aliphatic carbocycles. The Balaban J connectivity index is 1.34. The summed E-state index contributed by atoms with van der Waals surface area (Å²) in [6.45, 7) is 6.49. The predicted octanol–water partition coefficient (Wildman–Crippen LogP) is 4.67. The first-order valence-corrected chi connectivity index (χ1v) is 11.2. The van der Waals surface area contributed by atoms with E-state index in [9.17, 15) is 9.90 Å². The Morgan fingerprint density at radius 2 is 1.81 bits per heavy atom. The lowest BCUT2D eigenvalue weighted by Crippen LogP contribution is -2.20. The number of hydrogen-bond donors (Lipinski definition) is 1. The topological polar surface area (TPSA) is 98.6 Å². The van der Waals surface area contributed by atoms with Gasteiger partial charge in [-0.05, 0) is 35.2 Å². The summed E-state index contributed by atoms with van der Waals surface area (Å²) in [5.41, 5.74) is 2.07. The number of benzene rings is 2. The van der Waals surface area contributed by atoms with Crippen molar-refractivity contribution >= 4 is 22.7 Å². The molecule has 0 fully saturated rings. The predicted molar refractivity (Wildman–Crippen MR) is 123 cm³/mol. The normalized spacial score (nSPS) is 12.8. The van der Waals surface area contributed by atoms with Crippen LogP contribution >= 0.6 is 11.8 Å². The average Bonchev–Trinajstić information content (AvgIpc) is 3.24. The van der Waals surface area contributed by atoms with Crippen molar-refractivity contribution < 1.29 is 18.7 Å². The van der Waals surface area contributed by atoms with Gasteiger partial charge >= 0.3 is 5.63 Å². The molecule has 4 aromatic rings. The second-order valence-corrected chi connectivity index (χ2v) is 9.37. The Bertz CT molecular complexity index is 1260. The van der Waals surface area contributed by atoms with E-state index in [1.165, 1.54) is 23.4 Å². The molecule has 2 aromatic carbocycles. The summed E-state index contributed by atoms with van der Waals surface area (Å²) in [4.78, 5) is 11.7. The van der Waals surface area contributed by atoms with Crippen LogP contribution in [0.1, 0.15) is 26.3 Å². The second kappa shape index (κ2) is 9.18. The lowest BCUT2D eigenvalue weighted by molar-refractivity contribution is 0.127. The molecule has 32 heavy (non-hydrogen) atoms. The number of para-hydroxylation sites is 1. The van der Waals surface area contributed by atoms with E-state index in [0.29, 0.717) is 33.6 Å². The molecule has 0 amide bonds. The third kappa shape index (κ3) is 5.20. The highest BCUT2D eigenvalue weighted by Crippen LogP contribution is 2.28. The minimum atomic E-state index is -0.799. The Kier molecular flexibility index (Phi) is 6.34. The van der Waals surface area contributed by atoms with Crippen molar-refractivity contribution in [2.24, 2.45) is 0 Å². The third-order valence-corrected chi connectivity index (χ3v) is 5.81. The van der Waals surface area contributed by atoms with Crippen LogP contribution in [0.15, 0.2) is 73.4 Å². The average molecular weight is 453 g/mol. The number of fused-ring (bicyclic) bond motifs is 1. The van der Waals surface area contributed by atoms with Crippen LogP contribution in [0.3, 0.4) is 0 Å². The van der Waals surface area contributed by atoms with Gasteiger partial charge in [0.25, 0.3) is 5.22 Å². The van der Waals surface area contributed by atoms with E-state index in [1.807, 2.05) is 18.2 Å². The summed E-state index contributed by atoms with van der Waals surface area (Å²) in [6, 6.07) is 16.4. The van der Waals surface area contributed by atoms with Gasteiger partial charge in [-0.2, -0.15) is 0 Å². The molecule has 2 heterocycles. The monoisotopic (exact) mass is 452 g/mol. The molecule has 0 saturated heterocycles. The molecule has 8 heteroatoms. The van der Waals surface area contributed by atoms with Crippen molar-refractivity contribution in [3.63, 3.8) is 0 Å². The van der Waals surface area contributed by atoms with Crippen molar-refractivity contribution in [3.8, 4) is 17.2 Å². The zero-order chi connectivity index (χ0) is 22.7. The van der Waals surface area contributed by atoms with Gasteiger partial charge in [0.1, 0.15) is 17.9 Å². The highest BCUT2D eigenvalue weighted by atomic mass is 32.2. The Hall–Kier alpha value is -3.10. The van der Waals surface area contributed by atoms with Crippen LogP contribution in [-0.4, -0.2) is 33.8 Å². The third-order valence-electron chi connectivity index (χ3n) is 4.85. The Morgan fingerprint density at radius 1 is 1.06 bits per heavy atom. The molecule has 166 valence electrons. The molecule has 1 atom stereocenters. The van der Waals surface area contributed by atoms with Gasteiger partial charge in [0.2, 0.25) is 5.89 Å². The molecular formula is C24H24N2O5S. The summed E-state index contributed by atoms with van der Waals surface area (Å²) >= 11 is 1.24. The number of nitrogens with zero attached hydrogens (tertiary/aromatic N) is 2. The summed E-state index contributed by atoms with van der Waals surface area (Å²) < 4.78 is 16.5. The van der Waals surface area contributed by atoms with E-state index < -0.39 is 11.7 Å². The van der Waals surface area contributed by atoms with Crippen LogP contribution in [0, 0.1) is 0 Å². The second-order valence-electron chi connectivity index (χ2n) is 8.40. The summed E-state index contributed by atoms with van der Waals surface area (Å²) in [5, 5.41) is 19.5. The van der Waals surface area contributed by atoms with Crippen molar-refractivity contribution in [2.75, 3.05) is 12.4 Å². The number of aliphatic hydroxyl groups is 1. The molecule has 0 aliphatic rings. The van der Waals surface area contributed by atoms with E-state index >= 15 is 0 Å². The molecule has 7 nitrogen and oxygen atoms in total. The summed E-state index contributed by atoms with van der Waals surface area (Å²) in [7, 11) is 0. The number of aromatic nitrogens is 2. The first-order chi connectivity index (χ1) is 15.3. The van der Waals surface area contributed by atoms with Gasteiger partial charge in [-0.15, -0.1) is 10.2 Å². The van der Waals surface area contributed by atoms with E-state index in [-0.39, 0.29) is 12.0 Å². The van der Waals surface area contributed by atoms with E-state index in [4.69, 9.17) is 13.6 Å². The molecule has 4 rings (SSSR count). The van der Waals surface area contributed by atoms with E-state index in [0.717, 1.165) is 5.56 Å². The van der Waals surface area contributed by atoms with Crippen LogP contribution in [0.2, 0.25) is 0 Å². The molecule has 0 saturated carbocycles. The first-order valence-electron chi connectivity index (χ1n) is 10.2. The maximum absolute atomic E-state index is 11.7. The summed E-state index contributed by atoms with van der Waals surface area (Å²) in [5.74, 6) is 1.10. The highest BCUT2D eigenvalue weighted by Gasteiger charge is 2.16. The number of thioether (sulfide) groups is 1. The van der Waals surface area contributed by atoms with Crippen molar-refractivity contribution in [1.29, 1.82) is 0 Å². The van der Waals surface area contributed by atoms with Crippen molar-refractivity contribution in [1.82, 2.24) is 10.2 Å². The quantitative estimate of drug-likeness (QED) is 0.319. The lowest BCUT2D eigenvalue weighted by atomic mass is 9.87. The number of ether oxygens (including phenoxy) is 1. The molecule has 0 bridgehead atoms. The number of rotatable bonds is 7. The molecular weight excluding hydrogens is 428 g/mol. The largest absolute Gasteiger partial charge is 0.490 e. The molecule has 1 N–H and O–H groups in total. The fraction of sp³-hybridized carbons (Fsp3) is 0.292. The molecule has 2 aromatic heterocycles. The van der Waals surface area contributed by atoms with Gasteiger partial charge in [-0.1, -0.05) is 56.8 Å². The lowest BCUT2D eigenvalue weighted by Gasteiger charge is -2.18. The molecule has 0 aliphatic heterocycles. The smallest absolute Gasteiger partial charge is 0.339 e. The van der Waals surface area contributed by atoms with Crippen LogP contribution in [0.5, 0.6) is 5.75 Å². The minimum absolute atomic E-state index is 0.00963. The van der Waals surface area contributed by atoms with E-state index in [1.54, 1.807) is 18.2 Å². The highest BCUT2D eigenvalue weighted by molar-refractivity contribution is 7.99. The van der Waals surface area contributed by atoms with Crippen LogP contribution in [0.4, 0.5) is 0 Å². The first kappa shape index (κ1) is 22.1. The zero-order valence-corrected chi connectivity index (χ0v) is 18.9. The fourth-order valence-electron chi connectivity index (χ4n) is 3.10. The maximum Gasteiger partial charge on any atom is 0.339 e. The fourth-order valence-corrected chi connectivity index (χ4v) is 3.77. The molecule has 0 radical (unpaired) electrons. The van der Waals surface area contributed by atoms with Crippen LogP contribution in [-0.2, 0) is 5.41 Å². The molecule has 1 unspecified atom stereocenters. The van der Waals surface area contributed by atoms with Gasteiger partial charge < -0.3 is 18.7 Å². The van der Waals surface area contributed by atoms with Crippen molar-refractivity contribution in [2.45, 2.75) is 37.5 Å². The van der Waals surface area contributed by atoms with Gasteiger partial charge in [0.05, 0.1) is 17.6 Å². The number of hydrogen-bond acceptors (Lipinski definition) is 8. The number of aliphatic hydroxyl groups excluding tert-OH is 1. The zero-order valence-electron chi connectivity index (χ0n) is 18.1. The standard InChI is InChI=1S/C24H24N2O5S/c1-24(2,3)16-10-8-15(9-11-16)22-25-26-23(31-22)32-14-17(27)13-29-20-12-21(28)30-19-7-5-4-6-18(19)20/h4-12,17,27H,13-14H2,1-3H3. The van der Waals surface area contributed by atoms with Gasteiger partial charge in [0, 0.05) is 11.3 Å². The van der Waals surface area contributed by atoms with Gasteiger partial charge in [0.15, 0.2) is 0 Å². The Morgan fingerprint density at radius 3 is 2.56 bits per heavy atom. The van der Waals surface area contributed by atoms with Crippen molar-refractivity contribution in [3.05, 3.63) is 70.6 Å².